The molecule has 2 fully saturated rings. The standard InChI is InChI=1S/C21H31NO2/c1-15-5-10-19(16(2)13-15)21(11-3-4-12-21)14-22-18-8-6-17(7-9-18)20(23)24/h5,10,13,17-18,22H,3-4,6-9,11-12,14H2,1-2H3,(H,23,24). The first-order valence-electron chi connectivity index (χ1n) is 9.54. The highest BCUT2D eigenvalue weighted by Gasteiger charge is 2.37. The quantitative estimate of drug-likeness (QED) is 0.844. The minimum Gasteiger partial charge on any atom is -0.481 e. The highest BCUT2D eigenvalue weighted by molar-refractivity contribution is 5.70. The molecule has 0 spiro atoms. The minimum absolute atomic E-state index is 0.122. The average Bonchev–Trinajstić information content (AvgIpc) is 3.03. The van der Waals surface area contributed by atoms with Gasteiger partial charge >= 0.3 is 5.97 Å². The van der Waals surface area contributed by atoms with Crippen molar-refractivity contribution < 1.29 is 9.90 Å². The van der Waals surface area contributed by atoms with Crippen molar-refractivity contribution in [2.24, 2.45) is 5.92 Å². The lowest BCUT2D eigenvalue weighted by molar-refractivity contribution is -0.142. The Bertz CT molecular complexity index is 582. The maximum Gasteiger partial charge on any atom is 0.306 e. The largest absolute Gasteiger partial charge is 0.481 e. The van der Waals surface area contributed by atoms with Crippen LogP contribution in [0.4, 0.5) is 0 Å². The zero-order chi connectivity index (χ0) is 17.2. The number of aryl methyl sites for hydroxylation is 2. The molecule has 2 aliphatic carbocycles. The zero-order valence-electron chi connectivity index (χ0n) is 15.1. The molecule has 24 heavy (non-hydrogen) atoms. The fraction of sp³-hybridized carbons (Fsp3) is 0.667. The summed E-state index contributed by atoms with van der Waals surface area (Å²) in [6.45, 7) is 5.46. The topological polar surface area (TPSA) is 49.3 Å². The van der Waals surface area contributed by atoms with E-state index < -0.39 is 5.97 Å². The zero-order valence-corrected chi connectivity index (χ0v) is 15.1. The molecule has 3 rings (SSSR count). The van der Waals surface area contributed by atoms with Gasteiger partial charge in [-0.1, -0.05) is 36.6 Å². The molecular weight excluding hydrogens is 298 g/mol. The van der Waals surface area contributed by atoms with Gasteiger partial charge in [-0.3, -0.25) is 4.79 Å². The summed E-state index contributed by atoms with van der Waals surface area (Å²) in [5.41, 5.74) is 4.57. The third-order valence-electron chi connectivity index (χ3n) is 6.32. The number of aliphatic carboxylic acids is 1. The molecule has 0 aliphatic heterocycles. The molecule has 0 heterocycles. The van der Waals surface area contributed by atoms with E-state index >= 15 is 0 Å². The Hall–Kier alpha value is -1.35. The van der Waals surface area contributed by atoms with Crippen LogP contribution in [0.5, 0.6) is 0 Å². The number of carbonyl (C=O) groups is 1. The Kier molecular flexibility index (Phi) is 5.29. The highest BCUT2D eigenvalue weighted by atomic mass is 16.4. The first kappa shape index (κ1) is 17.5. The third-order valence-corrected chi connectivity index (χ3v) is 6.32. The molecule has 2 N–H and O–H groups in total. The van der Waals surface area contributed by atoms with Crippen molar-refractivity contribution >= 4 is 5.97 Å². The summed E-state index contributed by atoms with van der Waals surface area (Å²) in [6.07, 6.45) is 8.83. The number of carboxylic acid groups (broad SMARTS) is 1. The molecule has 0 unspecified atom stereocenters. The van der Waals surface area contributed by atoms with Gasteiger partial charge in [0.15, 0.2) is 0 Å². The van der Waals surface area contributed by atoms with Crippen LogP contribution in [0.3, 0.4) is 0 Å². The van der Waals surface area contributed by atoms with Gasteiger partial charge in [-0.05, 0) is 63.5 Å². The molecule has 3 nitrogen and oxygen atoms in total. The summed E-state index contributed by atoms with van der Waals surface area (Å²) >= 11 is 0. The van der Waals surface area contributed by atoms with Crippen LogP contribution < -0.4 is 5.32 Å². The van der Waals surface area contributed by atoms with Crippen molar-refractivity contribution in [3.63, 3.8) is 0 Å². The van der Waals surface area contributed by atoms with Gasteiger partial charge in [-0.2, -0.15) is 0 Å². The Morgan fingerprint density at radius 3 is 2.42 bits per heavy atom. The Morgan fingerprint density at radius 2 is 1.83 bits per heavy atom. The van der Waals surface area contributed by atoms with Gasteiger partial charge in [0.2, 0.25) is 0 Å². The number of rotatable bonds is 5. The van der Waals surface area contributed by atoms with Crippen LogP contribution in [0.1, 0.15) is 68.1 Å². The van der Waals surface area contributed by atoms with E-state index in [0.717, 1.165) is 32.2 Å². The first-order valence-corrected chi connectivity index (χ1v) is 9.54. The number of hydrogen-bond donors (Lipinski definition) is 2. The molecular formula is C21H31NO2. The molecule has 0 bridgehead atoms. The van der Waals surface area contributed by atoms with Crippen LogP contribution in [-0.2, 0) is 10.2 Å². The van der Waals surface area contributed by atoms with E-state index in [4.69, 9.17) is 5.11 Å². The van der Waals surface area contributed by atoms with E-state index in [9.17, 15) is 4.79 Å². The number of benzene rings is 1. The van der Waals surface area contributed by atoms with Crippen molar-refractivity contribution in [2.75, 3.05) is 6.54 Å². The summed E-state index contributed by atoms with van der Waals surface area (Å²) in [5.74, 6) is -0.737. The maximum absolute atomic E-state index is 11.1. The molecule has 0 aromatic heterocycles. The maximum atomic E-state index is 11.1. The molecule has 1 aromatic carbocycles. The smallest absolute Gasteiger partial charge is 0.306 e. The molecule has 2 saturated carbocycles. The average molecular weight is 329 g/mol. The predicted molar refractivity (Wildman–Crippen MR) is 97.4 cm³/mol. The Labute approximate surface area is 145 Å². The van der Waals surface area contributed by atoms with Crippen LogP contribution in [0.2, 0.25) is 0 Å². The van der Waals surface area contributed by atoms with Gasteiger partial charge in [0, 0.05) is 18.0 Å². The van der Waals surface area contributed by atoms with E-state index in [1.54, 1.807) is 0 Å². The van der Waals surface area contributed by atoms with Crippen molar-refractivity contribution in [3.8, 4) is 0 Å². The van der Waals surface area contributed by atoms with Crippen LogP contribution in [0, 0.1) is 19.8 Å². The second-order valence-corrected chi connectivity index (χ2v) is 8.07. The van der Waals surface area contributed by atoms with Crippen LogP contribution in [0.15, 0.2) is 18.2 Å². The molecule has 2 aliphatic rings. The second kappa shape index (κ2) is 7.26. The van der Waals surface area contributed by atoms with Crippen LogP contribution in [-0.4, -0.2) is 23.7 Å². The van der Waals surface area contributed by atoms with Crippen molar-refractivity contribution in [1.82, 2.24) is 5.32 Å². The van der Waals surface area contributed by atoms with E-state index in [1.807, 2.05) is 0 Å². The van der Waals surface area contributed by atoms with Crippen molar-refractivity contribution in [3.05, 3.63) is 34.9 Å². The fourth-order valence-electron chi connectivity index (χ4n) is 4.89. The molecule has 3 heteroatoms. The molecule has 1 aromatic rings. The van der Waals surface area contributed by atoms with Gasteiger partial charge < -0.3 is 10.4 Å². The summed E-state index contributed by atoms with van der Waals surface area (Å²) in [6, 6.07) is 7.40. The normalized spacial score (nSPS) is 26.4. The predicted octanol–water partition coefficient (Wildman–Crippen LogP) is 4.35. The van der Waals surface area contributed by atoms with Gasteiger partial charge in [0.05, 0.1) is 5.92 Å². The summed E-state index contributed by atoms with van der Waals surface area (Å²) in [5, 5.41) is 13.0. The van der Waals surface area contributed by atoms with E-state index in [1.165, 1.54) is 42.4 Å². The number of hydrogen-bond acceptors (Lipinski definition) is 2. The summed E-state index contributed by atoms with van der Waals surface area (Å²) in [7, 11) is 0. The van der Waals surface area contributed by atoms with Crippen LogP contribution >= 0.6 is 0 Å². The van der Waals surface area contributed by atoms with Crippen molar-refractivity contribution in [1.29, 1.82) is 0 Å². The first-order chi connectivity index (χ1) is 11.5. The number of nitrogens with one attached hydrogen (secondary N) is 1. The lowest BCUT2D eigenvalue weighted by Crippen LogP contribution is -2.43. The number of carboxylic acids is 1. The SMILES string of the molecule is Cc1ccc(C2(CNC3CCC(C(=O)O)CC3)CCCC2)c(C)c1. The van der Waals surface area contributed by atoms with E-state index in [0.29, 0.717) is 6.04 Å². The molecule has 0 saturated heterocycles. The summed E-state index contributed by atoms with van der Waals surface area (Å²) in [4.78, 5) is 11.1. The Morgan fingerprint density at radius 1 is 1.17 bits per heavy atom. The molecule has 132 valence electrons. The summed E-state index contributed by atoms with van der Waals surface area (Å²) < 4.78 is 0. The molecule has 0 atom stereocenters. The highest BCUT2D eigenvalue weighted by Crippen LogP contribution is 2.42. The van der Waals surface area contributed by atoms with Crippen LogP contribution in [0.25, 0.3) is 0 Å². The van der Waals surface area contributed by atoms with Crippen molar-refractivity contribution in [2.45, 2.75) is 76.7 Å². The fourth-order valence-corrected chi connectivity index (χ4v) is 4.89. The van der Waals surface area contributed by atoms with E-state index in [2.05, 4.69) is 37.4 Å². The Balaban J connectivity index is 1.66. The lowest BCUT2D eigenvalue weighted by Gasteiger charge is -2.35. The lowest BCUT2D eigenvalue weighted by atomic mass is 9.76. The molecule has 0 radical (unpaired) electrons. The monoisotopic (exact) mass is 329 g/mol. The third kappa shape index (κ3) is 3.66. The van der Waals surface area contributed by atoms with Gasteiger partial charge in [-0.15, -0.1) is 0 Å². The second-order valence-electron chi connectivity index (χ2n) is 8.07. The van der Waals surface area contributed by atoms with Gasteiger partial charge in [0.25, 0.3) is 0 Å². The molecule has 0 amide bonds. The van der Waals surface area contributed by atoms with E-state index in [-0.39, 0.29) is 11.3 Å². The van der Waals surface area contributed by atoms with Gasteiger partial charge in [0.1, 0.15) is 0 Å². The minimum atomic E-state index is -0.615. The van der Waals surface area contributed by atoms with Gasteiger partial charge in [-0.25, -0.2) is 0 Å².